The van der Waals surface area contributed by atoms with Gasteiger partial charge in [0.05, 0.1) is 20.4 Å². The van der Waals surface area contributed by atoms with Crippen molar-refractivity contribution in [2.24, 2.45) is 0 Å². The van der Waals surface area contributed by atoms with Gasteiger partial charge in [-0.05, 0) is 18.2 Å². The van der Waals surface area contributed by atoms with Crippen LogP contribution < -0.4 is 15.2 Å². The molecule has 0 fully saturated rings. The monoisotopic (exact) mass is 296 g/mol. The number of hydrogen-bond donors (Lipinski definition) is 1. The van der Waals surface area contributed by atoms with Crippen LogP contribution in [0.15, 0.2) is 48.7 Å². The van der Waals surface area contributed by atoms with E-state index in [0.29, 0.717) is 28.6 Å². The van der Waals surface area contributed by atoms with E-state index < -0.39 is 0 Å². The molecule has 0 saturated heterocycles. The normalized spacial score (nSPS) is 10.5. The van der Waals surface area contributed by atoms with Gasteiger partial charge in [0.25, 0.3) is 0 Å². The van der Waals surface area contributed by atoms with Gasteiger partial charge in [0.2, 0.25) is 0 Å². The molecule has 0 unspecified atom stereocenters. The molecule has 0 aliphatic heterocycles. The van der Waals surface area contributed by atoms with Crippen molar-refractivity contribution >= 4 is 5.69 Å². The molecule has 1 heterocycles. The SMILES string of the molecule is COc1cccc(OC)c1-n1cc(-c2ccccc2N)nn1. The Balaban J connectivity index is 2.11. The third-order valence-corrected chi connectivity index (χ3v) is 3.36. The minimum atomic E-state index is 0.650. The van der Waals surface area contributed by atoms with Gasteiger partial charge in [0.15, 0.2) is 5.69 Å². The molecule has 0 aliphatic carbocycles. The van der Waals surface area contributed by atoms with Gasteiger partial charge in [0.1, 0.15) is 17.2 Å². The lowest BCUT2D eigenvalue weighted by Gasteiger charge is -2.11. The van der Waals surface area contributed by atoms with Crippen LogP contribution >= 0.6 is 0 Å². The molecule has 0 atom stereocenters. The zero-order valence-corrected chi connectivity index (χ0v) is 12.4. The van der Waals surface area contributed by atoms with Gasteiger partial charge >= 0.3 is 0 Å². The Morgan fingerprint density at radius 1 is 0.955 bits per heavy atom. The smallest absolute Gasteiger partial charge is 0.150 e. The second kappa shape index (κ2) is 5.77. The maximum absolute atomic E-state index is 5.99. The number of para-hydroxylation sites is 2. The molecule has 3 rings (SSSR count). The zero-order valence-electron chi connectivity index (χ0n) is 12.4. The van der Waals surface area contributed by atoms with Crippen LogP contribution in [-0.2, 0) is 0 Å². The number of nitrogens with two attached hydrogens (primary N) is 1. The number of nitrogen functional groups attached to an aromatic ring is 1. The van der Waals surface area contributed by atoms with Crippen molar-refractivity contribution in [3.63, 3.8) is 0 Å². The lowest BCUT2D eigenvalue weighted by atomic mass is 10.1. The Labute approximate surface area is 128 Å². The maximum atomic E-state index is 5.99. The summed E-state index contributed by atoms with van der Waals surface area (Å²) in [5.41, 5.74) is 8.86. The van der Waals surface area contributed by atoms with Crippen molar-refractivity contribution in [2.75, 3.05) is 20.0 Å². The standard InChI is InChI=1S/C16H16N4O2/c1-21-14-8-5-9-15(22-2)16(14)20-10-13(18-19-20)11-6-3-4-7-12(11)17/h3-10H,17H2,1-2H3. The molecule has 3 aromatic rings. The predicted octanol–water partition coefficient (Wildman–Crippen LogP) is 2.53. The average Bonchev–Trinajstić information content (AvgIpc) is 3.03. The van der Waals surface area contributed by atoms with Gasteiger partial charge in [-0.25, -0.2) is 4.68 Å². The van der Waals surface area contributed by atoms with Crippen LogP contribution in [0.2, 0.25) is 0 Å². The molecule has 1 aromatic heterocycles. The minimum absolute atomic E-state index is 0.650. The number of methoxy groups -OCH3 is 2. The Bertz CT molecular complexity index is 776. The summed E-state index contributed by atoms with van der Waals surface area (Å²) in [6, 6.07) is 13.1. The molecule has 0 radical (unpaired) electrons. The molecule has 112 valence electrons. The van der Waals surface area contributed by atoms with E-state index in [9.17, 15) is 0 Å². The van der Waals surface area contributed by atoms with E-state index in [1.807, 2.05) is 42.5 Å². The van der Waals surface area contributed by atoms with Crippen molar-refractivity contribution in [3.8, 4) is 28.4 Å². The molecule has 0 spiro atoms. The number of rotatable bonds is 4. The van der Waals surface area contributed by atoms with E-state index >= 15 is 0 Å². The fraction of sp³-hybridized carbons (Fsp3) is 0.125. The molecule has 6 heteroatoms. The summed E-state index contributed by atoms with van der Waals surface area (Å²) >= 11 is 0. The topological polar surface area (TPSA) is 75.2 Å². The van der Waals surface area contributed by atoms with Crippen LogP contribution in [0.1, 0.15) is 0 Å². The van der Waals surface area contributed by atoms with Gasteiger partial charge in [-0.2, -0.15) is 0 Å². The van der Waals surface area contributed by atoms with E-state index in [4.69, 9.17) is 15.2 Å². The first kappa shape index (κ1) is 13.9. The van der Waals surface area contributed by atoms with Gasteiger partial charge in [-0.1, -0.05) is 29.5 Å². The Morgan fingerprint density at radius 2 is 1.64 bits per heavy atom. The van der Waals surface area contributed by atoms with E-state index in [0.717, 1.165) is 5.56 Å². The number of hydrogen-bond acceptors (Lipinski definition) is 5. The highest BCUT2D eigenvalue weighted by Gasteiger charge is 2.15. The van der Waals surface area contributed by atoms with Crippen LogP contribution in [0.5, 0.6) is 11.5 Å². The van der Waals surface area contributed by atoms with Gasteiger partial charge in [-0.15, -0.1) is 5.10 Å². The Kier molecular flexibility index (Phi) is 3.65. The molecule has 0 bridgehead atoms. The summed E-state index contributed by atoms with van der Waals surface area (Å²) in [5, 5.41) is 8.37. The fourth-order valence-corrected chi connectivity index (χ4v) is 2.28. The van der Waals surface area contributed by atoms with E-state index in [2.05, 4.69) is 10.3 Å². The lowest BCUT2D eigenvalue weighted by Crippen LogP contribution is -2.01. The first-order valence-electron chi connectivity index (χ1n) is 6.73. The quantitative estimate of drug-likeness (QED) is 0.749. The highest BCUT2D eigenvalue weighted by Crippen LogP contribution is 2.33. The van der Waals surface area contributed by atoms with E-state index in [1.165, 1.54) is 0 Å². The highest BCUT2D eigenvalue weighted by molar-refractivity contribution is 5.73. The second-order valence-corrected chi connectivity index (χ2v) is 4.65. The van der Waals surface area contributed by atoms with Crippen LogP contribution in [0, 0.1) is 0 Å². The maximum Gasteiger partial charge on any atom is 0.150 e. The van der Waals surface area contributed by atoms with Gasteiger partial charge < -0.3 is 15.2 Å². The van der Waals surface area contributed by atoms with Crippen LogP contribution in [-0.4, -0.2) is 29.2 Å². The second-order valence-electron chi connectivity index (χ2n) is 4.65. The van der Waals surface area contributed by atoms with Crippen molar-refractivity contribution in [1.82, 2.24) is 15.0 Å². The summed E-state index contributed by atoms with van der Waals surface area (Å²) in [4.78, 5) is 0. The molecule has 6 nitrogen and oxygen atoms in total. The number of ether oxygens (including phenoxy) is 2. The first-order chi connectivity index (χ1) is 10.7. The molecule has 2 N–H and O–H groups in total. The van der Waals surface area contributed by atoms with Crippen LogP contribution in [0.25, 0.3) is 16.9 Å². The van der Waals surface area contributed by atoms with Crippen molar-refractivity contribution in [2.45, 2.75) is 0 Å². The molecule has 0 aliphatic rings. The Hall–Kier alpha value is -3.02. The average molecular weight is 296 g/mol. The van der Waals surface area contributed by atoms with Crippen LogP contribution in [0.4, 0.5) is 5.69 Å². The van der Waals surface area contributed by atoms with Crippen molar-refractivity contribution in [3.05, 3.63) is 48.7 Å². The zero-order chi connectivity index (χ0) is 15.5. The van der Waals surface area contributed by atoms with Crippen molar-refractivity contribution in [1.29, 1.82) is 0 Å². The van der Waals surface area contributed by atoms with E-state index in [1.54, 1.807) is 25.1 Å². The fourth-order valence-electron chi connectivity index (χ4n) is 2.28. The summed E-state index contributed by atoms with van der Waals surface area (Å²) in [6.07, 6.45) is 1.80. The minimum Gasteiger partial charge on any atom is -0.494 e. The van der Waals surface area contributed by atoms with Gasteiger partial charge in [0, 0.05) is 11.3 Å². The van der Waals surface area contributed by atoms with Crippen LogP contribution in [0.3, 0.4) is 0 Å². The van der Waals surface area contributed by atoms with E-state index in [-0.39, 0.29) is 0 Å². The summed E-state index contributed by atoms with van der Waals surface area (Å²) in [6.45, 7) is 0. The first-order valence-corrected chi connectivity index (χ1v) is 6.73. The third kappa shape index (κ3) is 2.35. The molecule has 22 heavy (non-hydrogen) atoms. The lowest BCUT2D eigenvalue weighted by molar-refractivity contribution is 0.388. The number of nitrogens with zero attached hydrogens (tertiary/aromatic N) is 3. The third-order valence-electron chi connectivity index (χ3n) is 3.36. The molecule has 0 saturated carbocycles. The summed E-state index contributed by atoms with van der Waals surface area (Å²) < 4.78 is 12.4. The molecule has 0 amide bonds. The van der Waals surface area contributed by atoms with Crippen molar-refractivity contribution < 1.29 is 9.47 Å². The number of anilines is 1. The highest BCUT2D eigenvalue weighted by atomic mass is 16.5. The largest absolute Gasteiger partial charge is 0.494 e. The number of aromatic nitrogens is 3. The molecular weight excluding hydrogens is 280 g/mol. The number of benzene rings is 2. The Morgan fingerprint density at radius 3 is 2.27 bits per heavy atom. The molecule has 2 aromatic carbocycles. The van der Waals surface area contributed by atoms with Gasteiger partial charge in [-0.3, -0.25) is 0 Å². The molecular formula is C16H16N4O2. The predicted molar refractivity (Wildman–Crippen MR) is 84.3 cm³/mol. The summed E-state index contributed by atoms with van der Waals surface area (Å²) in [5.74, 6) is 1.30. The summed E-state index contributed by atoms with van der Waals surface area (Å²) in [7, 11) is 3.20.